The molecule has 4 heteroatoms. The minimum atomic E-state index is -0.0628. The van der Waals surface area contributed by atoms with Crippen LogP contribution in [0.15, 0.2) is 24.3 Å². The number of benzene rings is 1. The maximum atomic E-state index is 12.9. The van der Waals surface area contributed by atoms with Gasteiger partial charge in [-0.2, -0.15) is 0 Å². The van der Waals surface area contributed by atoms with Crippen molar-refractivity contribution < 1.29 is 14.3 Å². The van der Waals surface area contributed by atoms with Gasteiger partial charge in [0.25, 0.3) is 0 Å². The van der Waals surface area contributed by atoms with Crippen LogP contribution in [0.3, 0.4) is 0 Å². The Labute approximate surface area is 133 Å². The normalized spacial score (nSPS) is 19.8. The van der Waals surface area contributed by atoms with Gasteiger partial charge < -0.3 is 14.4 Å². The Morgan fingerprint density at radius 3 is 2.64 bits per heavy atom. The number of hydrogen-bond donors (Lipinski definition) is 0. The van der Waals surface area contributed by atoms with E-state index in [-0.39, 0.29) is 11.8 Å². The Hall–Kier alpha value is -1.55. The Morgan fingerprint density at radius 2 is 2.05 bits per heavy atom. The summed E-state index contributed by atoms with van der Waals surface area (Å²) in [6, 6.07) is 7.85. The first-order valence-electron chi connectivity index (χ1n) is 8.11. The van der Waals surface area contributed by atoms with Gasteiger partial charge in [0.1, 0.15) is 5.75 Å². The largest absolute Gasteiger partial charge is 0.497 e. The number of amides is 1. The van der Waals surface area contributed by atoms with Crippen LogP contribution in [-0.4, -0.2) is 44.7 Å². The predicted octanol–water partition coefficient (Wildman–Crippen LogP) is 3.07. The summed E-state index contributed by atoms with van der Waals surface area (Å²) in [5, 5.41) is 0. The summed E-state index contributed by atoms with van der Waals surface area (Å²) in [5.74, 6) is 1.47. The van der Waals surface area contributed by atoms with Crippen LogP contribution in [0.1, 0.15) is 37.7 Å². The van der Waals surface area contributed by atoms with Crippen molar-refractivity contribution in [3.8, 4) is 5.75 Å². The SMILES string of the molecule is CC[C@H](C(=O)N1CCC[C@H](COC)C1)c1ccc(OC)cc1. The molecule has 0 radical (unpaired) electrons. The lowest BCUT2D eigenvalue weighted by molar-refractivity contribution is -0.135. The van der Waals surface area contributed by atoms with Crippen molar-refractivity contribution >= 4 is 5.91 Å². The minimum absolute atomic E-state index is 0.0628. The first-order valence-corrected chi connectivity index (χ1v) is 8.11. The highest BCUT2D eigenvalue weighted by Gasteiger charge is 2.28. The van der Waals surface area contributed by atoms with E-state index in [9.17, 15) is 4.79 Å². The number of ether oxygens (including phenoxy) is 2. The average Bonchev–Trinajstić information content (AvgIpc) is 2.56. The van der Waals surface area contributed by atoms with E-state index < -0.39 is 0 Å². The van der Waals surface area contributed by atoms with Crippen molar-refractivity contribution in [2.24, 2.45) is 5.92 Å². The van der Waals surface area contributed by atoms with Crippen molar-refractivity contribution in [3.05, 3.63) is 29.8 Å². The van der Waals surface area contributed by atoms with Crippen LogP contribution in [0.25, 0.3) is 0 Å². The molecule has 122 valence electrons. The van der Waals surface area contributed by atoms with Crippen LogP contribution in [0.4, 0.5) is 0 Å². The molecule has 4 nitrogen and oxygen atoms in total. The molecule has 1 saturated heterocycles. The van der Waals surface area contributed by atoms with Gasteiger partial charge in [-0.1, -0.05) is 19.1 Å². The van der Waals surface area contributed by atoms with Crippen LogP contribution in [-0.2, 0) is 9.53 Å². The Morgan fingerprint density at radius 1 is 1.32 bits per heavy atom. The summed E-state index contributed by atoms with van der Waals surface area (Å²) in [6.45, 7) is 4.50. The molecule has 1 aliphatic rings. The van der Waals surface area contributed by atoms with Crippen molar-refractivity contribution in [2.45, 2.75) is 32.1 Å². The molecule has 0 bridgehead atoms. The van der Waals surface area contributed by atoms with Gasteiger partial charge in [0, 0.05) is 20.2 Å². The quantitative estimate of drug-likeness (QED) is 0.811. The van der Waals surface area contributed by atoms with E-state index >= 15 is 0 Å². The summed E-state index contributed by atoms with van der Waals surface area (Å²) < 4.78 is 10.4. The maximum absolute atomic E-state index is 12.9. The third-order valence-electron chi connectivity index (χ3n) is 4.46. The third-order valence-corrected chi connectivity index (χ3v) is 4.46. The van der Waals surface area contributed by atoms with Gasteiger partial charge in [-0.05, 0) is 42.9 Å². The smallest absolute Gasteiger partial charge is 0.230 e. The molecule has 0 aromatic heterocycles. The first-order chi connectivity index (χ1) is 10.7. The Kier molecular flexibility index (Phi) is 6.25. The molecule has 1 aromatic carbocycles. The zero-order chi connectivity index (χ0) is 15.9. The second-order valence-corrected chi connectivity index (χ2v) is 5.98. The van der Waals surface area contributed by atoms with Gasteiger partial charge in [-0.25, -0.2) is 0 Å². The van der Waals surface area contributed by atoms with Crippen LogP contribution in [0.5, 0.6) is 5.75 Å². The number of hydrogen-bond acceptors (Lipinski definition) is 3. The minimum Gasteiger partial charge on any atom is -0.497 e. The van der Waals surface area contributed by atoms with Gasteiger partial charge in [0.05, 0.1) is 19.6 Å². The molecule has 0 aliphatic carbocycles. The number of carbonyl (C=O) groups is 1. The van der Waals surface area contributed by atoms with Crippen molar-refractivity contribution in [1.82, 2.24) is 4.90 Å². The van der Waals surface area contributed by atoms with Gasteiger partial charge >= 0.3 is 0 Å². The first kappa shape index (κ1) is 16.8. The summed E-state index contributed by atoms with van der Waals surface area (Å²) in [6.07, 6.45) is 3.03. The van der Waals surface area contributed by atoms with Gasteiger partial charge in [0.15, 0.2) is 0 Å². The number of nitrogens with zero attached hydrogens (tertiary/aromatic N) is 1. The highest BCUT2D eigenvalue weighted by Crippen LogP contribution is 2.27. The standard InChI is InChI=1S/C18H27NO3/c1-4-17(15-7-9-16(22-3)10-8-15)18(20)19-11-5-6-14(12-19)13-21-2/h7-10,14,17H,4-6,11-13H2,1-3H3/t14-,17-/m0/s1. The van der Waals surface area contributed by atoms with Crippen molar-refractivity contribution in [1.29, 1.82) is 0 Å². The zero-order valence-corrected chi connectivity index (χ0v) is 13.9. The third kappa shape index (κ3) is 4.01. The Bertz CT molecular complexity index is 470. The molecule has 0 saturated carbocycles. The fourth-order valence-electron chi connectivity index (χ4n) is 3.25. The molecule has 2 rings (SSSR count). The molecule has 1 aromatic rings. The zero-order valence-electron chi connectivity index (χ0n) is 13.9. The monoisotopic (exact) mass is 305 g/mol. The molecule has 0 N–H and O–H groups in total. The molecule has 1 heterocycles. The van der Waals surface area contributed by atoms with E-state index in [1.807, 2.05) is 29.2 Å². The number of methoxy groups -OCH3 is 2. The average molecular weight is 305 g/mol. The van der Waals surface area contributed by atoms with Crippen molar-refractivity contribution in [3.63, 3.8) is 0 Å². The van der Waals surface area contributed by atoms with Crippen LogP contribution < -0.4 is 4.74 Å². The Balaban J connectivity index is 2.07. The van der Waals surface area contributed by atoms with Crippen LogP contribution >= 0.6 is 0 Å². The van der Waals surface area contributed by atoms with E-state index in [4.69, 9.17) is 9.47 Å². The van der Waals surface area contributed by atoms with Gasteiger partial charge in [0.2, 0.25) is 5.91 Å². The van der Waals surface area contributed by atoms with E-state index in [1.165, 1.54) is 0 Å². The lowest BCUT2D eigenvalue weighted by Gasteiger charge is -2.34. The molecule has 22 heavy (non-hydrogen) atoms. The summed E-state index contributed by atoms with van der Waals surface area (Å²) in [4.78, 5) is 14.9. The molecule has 0 unspecified atom stereocenters. The van der Waals surface area contributed by atoms with Gasteiger partial charge in [-0.15, -0.1) is 0 Å². The number of rotatable bonds is 6. The molecule has 1 aliphatic heterocycles. The molecule has 0 spiro atoms. The fraction of sp³-hybridized carbons (Fsp3) is 0.611. The fourth-order valence-corrected chi connectivity index (χ4v) is 3.25. The number of carbonyl (C=O) groups excluding carboxylic acids is 1. The molecular formula is C18H27NO3. The van der Waals surface area contributed by atoms with Crippen LogP contribution in [0, 0.1) is 5.92 Å². The highest BCUT2D eigenvalue weighted by molar-refractivity contribution is 5.83. The number of piperidine rings is 1. The highest BCUT2D eigenvalue weighted by atomic mass is 16.5. The van der Waals surface area contributed by atoms with Crippen LogP contribution in [0.2, 0.25) is 0 Å². The maximum Gasteiger partial charge on any atom is 0.230 e. The van der Waals surface area contributed by atoms with E-state index in [1.54, 1.807) is 14.2 Å². The lowest BCUT2D eigenvalue weighted by Crippen LogP contribution is -2.43. The van der Waals surface area contributed by atoms with E-state index in [0.717, 1.165) is 50.3 Å². The summed E-state index contributed by atoms with van der Waals surface area (Å²) in [5.41, 5.74) is 1.07. The second-order valence-electron chi connectivity index (χ2n) is 5.98. The second kappa shape index (κ2) is 8.18. The lowest BCUT2D eigenvalue weighted by atomic mass is 9.92. The molecule has 2 atom stereocenters. The van der Waals surface area contributed by atoms with Gasteiger partial charge in [-0.3, -0.25) is 4.79 Å². The van der Waals surface area contributed by atoms with E-state index in [0.29, 0.717) is 5.92 Å². The van der Waals surface area contributed by atoms with E-state index in [2.05, 4.69) is 6.92 Å². The summed E-state index contributed by atoms with van der Waals surface area (Å²) in [7, 11) is 3.38. The molecule has 1 amide bonds. The molecular weight excluding hydrogens is 278 g/mol. The number of likely N-dealkylation sites (tertiary alicyclic amines) is 1. The topological polar surface area (TPSA) is 38.8 Å². The van der Waals surface area contributed by atoms with Crippen molar-refractivity contribution in [2.75, 3.05) is 33.9 Å². The predicted molar refractivity (Wildman–Crippen MR) is 87.2 cm³/mol. The molecule has 1 fully saturated rings. The summed E-state index contributed by atoms with van der Waals surface area (Å²) >= 11 is 0.